The van der Waals surface area contributed by atoms with Gasteiger partial charge in [0.05, 0.1) is 5.69 Å². The van der Waals surface area contributed by atoms with Crippen LogP contribution in [0.15, 0.2) is 69.3 Å². The summed E-state index contributed by atoms with van der Waals surface area (Å²) in [5.41, 5.74) is 1.77. The van der Waals surface area contributed by atoms with Crippen molar-refractivity contribution in [3.05, 3.63) is 81.9 Å². The van der Waals surface area contributed by atoms with Crippen LogP contribution in [0.25, 0.3) is 16.3 Å². The van der Waals surface area contributed by atoms with Gasteiger partial charge < -0.3 is 9.32 Å². The average Bonchev–Trinajstić information content (AvgIpc) is 3.49. The first-order chi connectivity index (χ1) is 15.7. The molecule has 32 heavy (non-hydrogen) atoms. The fourth-order valence-corrected chi connectivity index (χ4v) is 4.75. The molecule has 0 aliphatic carbocycles. The van der Waals surface area contributed by atoms with Crippen LogP contribution in [-0.2, 0) is 17.8 Å². The van der Waals surface area contributed by atoms with E-state index in [1.807, 2.05) is 52.7 Å². The van der Waals surface area contributed by atoms with Gasteiger partial charge in [0, 0.05) is 68.8 Å². The fourth-order valence-electron chi connectivity index (χ4n) is 4.01. The summed E-state index contributed by atoms with van der Waals surface area (Å²) in [7, 11) is 0. The number of furan rings is 1. The number of piperazine rings is 1. The van der Waals surface area contributed by atoms with E-state index in [9.17, 15) is 9.59 Å². The van der Waals surface area contributed by atoms with Crippen molar-refractivity contribution in [2.75, 3.05) is 26.2 Å². The number of benzene rings is 1. The Bertz CT molecular complexity index is 1270. The fraction of sp³-hybridized carbons (Fsp3) is 0.292. The van der Waals surface area contributed by atoms with E-state index in [0.717, 1.165) is 40.8 Å². The van der Waals surface area contributed by atoms with E-state index in [1.54, 1.807) is 16.7 Å². The molecule has 4 aromatic rings. The maximum absolute atomic E-state index is 12.7. The van der Waals surface area contributed by atoms with Crippen molar-refractivity contribution in [3.8, 4) is 11.3 Å². The van der Waals surface area contributed by atoms with Crippen LogP contribution >= 0.6 is 11.3 Å². The molecule has 7 nitrogen and oxygen atoms in total. The zero-order valence-corrected chi connectivity index (χ0v) is 18.5. The van der Waals surface area contributed by atoms with Gasteiger partial charge in [-0.15, -0.1) is 11.3 Å². The average molecular weight is 449 g/mol. The van der Waals surface area contributed by atoms with Crippen LogP contribution in [0.1, 0.15) is 17.9 Å². The predicted molar refractivity (Wildman–Crippen MR) is 124 cm³/mol. The summed E-state index contributed by atoms with van der Waals surface area (Å²) in [5, 5.41) is 1.86. The standard InChI is InChI=1S/C24H24N4O3S/c29-22(9-7-20-6-8-21(31-20)18-4-2-1-3-5-18)27-12-10-26(11-13-27)17-19-16-23(30)28-14-15-32-24(28)25-19/h1-6,8,14-16H,7,9-13,17H2. The molecule has 0 radical (unpaired) electrons. The summed E-state index contributed by atoms with van der Waals surface area (Å²) < 4.78 is 7.47. The van der Waals surface area contributed by atoms with Crippen molar-refractivity contribution in [1.29, 1.82) is 0 Å². The maximum atomic E-state index is 12.7. The van der Waals surface area contributed by atoms with Crippen LogP contribution in [0, 0.1) is 0 Å². The number of aromatic nitrogens is 2. The van der Waals surface area contributed by atoms with E-state index in [1.165, 1.54) is 11.3 Å². The van der Waals surface area contributed by atoms with Gasteiger partial charge in [-0.3, -0.25) is 18.9 Å². The molecule has 0 N–H and O–H groups in total. The Morgan fingerprint density at radius 2 is 1.88 bits per heavy atom. The molecule has 0 spiro atoms. The monoisotopic (exact) mass is 448 g/mol. The Balaban J connectivity index is 1.11. The van der Waals surface area contributed by atoms with Crippen LogP contribution < -0.4 is 5.56 Å². The smallest absolute Gasteiger partial charge is 0.258 e. The second-order valence-electron chi connectivity index (χ2n) is 7.93. The first kappa shape index (κ1) is 20.7. The lowest BCUT2D eigenvalue weighted by Crippen LogP contribution is -2.48. The van der Waals surface area contributed by atoms with E-state index in [-0.39, 0.29) is 11.5 Å². The molecule has 1 aromatic carbocycles. The van der Waals surface area contributed by atoms with Gasteiger partial charge in [0.25, 0.3) is 5.56 Å². The Morgan fingerprint density at radius 3 is 2.69 bits per heavy atom. The maximum Gasteiger partial charge on any atom is 0.258 e. The molecule has 5 rings (SSSR count). The SMILES string of the molecule is O=C(CCc1ccc(-c2ccccc2)o1)N1CCN(Cc2cc(=O)n3ccsc3n2)CC1. The van der Waals surface area contributed by atoms with E-state index in [0.29, 0.717) is 32.5 Å². The Kier molecular flexibility index (Phi) is 5.87. The predicted octanol–water partition coefficient (Wildman–Crippen LogP) is 3.29. The van der Waals surface area contributed by atoms with Crippen LogP contribution in [0.5, 0.6) is 0 Å². The molecule has 1 aliphatic heterocycles. The van der Waals surface area contributed by atoms with Gasteiger partial charge in [-0.05, 0) is 12.1 Å². The zero-order chi connectivity index (χ0) is 21.9. The highest BCUT2D eigenvalue weighted by atomic mass is 32.1. The van der Waals surface area contributed by atoms with Crippen LogP contribution in [0.4, 0.5) is 0 Å². The first-order valence-electron chi connectivity index (χ1n) is 10.8. The number of fused-ring (bicyclic) bond motifs is 1. The van der Waals surface area contributed by atoms with Gasteiger partial charge in [-0.25, -0.2) is 4.98 Å². The summed E-state index contributed by atoms with van der Waals surface area (Å²) >= 11 is 1.46. The van der Waals surface area contributed by atoms with E-state index in [2.05, 4.69) is 9.88 Å². The molecule has 0 saturated carbocycles. The minimum Gasteiger partial charge on any atom is -0.461 e. The van der Waals surface area contributed by atoms with Crippen molar-refractivity contribution in [2.24, 2.45) is 0 Å². The van der Waals surface area contributed by atoms with Gasteiger partial charge >= 0.3 is 0 Å². The van der Waals surface area contributed by atoms with Gasteiger partial charge in [0.2, 0.25) is 5.91 Å². The highest BCUT2D eigenvalue weighted by Crippen LogP contribution is 2.22. The molecule has 4 heterocycles. The Labute approximate surface area is 189 Å². The number of carbonyl (C=O) groups is 1. The summed E-state index contributed by atoms with van der Waals surface area (Å²) in [6.45, 7) is 3.55. The van der Waals surface area contributed by atoms with E-state index >= 15 is 0 Å². The molecule has 1 saturated heterocycles. The normalized spacial score (nSPS) is 14.8. The molecule has 1 aliphatic rings. The highest BCUT2D eigenvalue weighted by Gasteiger charge is 2.22. The topological polar surface area (TPSA) is 71.1 Å². The first-order valence-corrected chi connectivity index (χ1v) is 11.6. The van der Waals surface area contributed by atoms with Crippen molar-refractivity contribution < 1.29 is 9.21 Å². The summed E-state index contributed by atoms with van der Waals surface area (Å²) in [4.78, 5) is 34.3. The van der Waals surface area contributed by atoms with E-state index < -0.39 is 0 Å². The minimum atomic E-state index is -0.0478. The van der Waals surface area contributed by atoms with Gasteiger partial charge in [0.15, 0.2) is 4.96 Å². The van der Waals surface area contributed by atoms with Crippen molar-refractivity contribution >= 4 is 22.2 Å². The van der Waals surface area contributed by atoms with Crippen molar-refractivity contribution in [1.82, 2.24) is 19.2 Å². The number of rotatable bonds is 6. The summed E-state index contributed by atoms with van der Waals surface area (Å²) in [6, 6.07) is 15.5. The number of amides is 1. The van der Waals surface area contributed by atoms with Crippen LogP contribution in [0.3, 0.4) is 0 Å². The third kappa shape index (κ3) is 4.51. The second kappa shape index (κ2) is 9.10. The molecule has 1 fully saturated rings. The van der Waals surface area contributed by atoms with Gasteiger partial charge in [-0.1, -0.05) is 30.3 Å². The molecule has 0 bridgehead atoms. The Hall–Kier alpha value is -3.23. The number of hydrogen-bond donors (Lipinski definition) is 0. The van der Waals surface area contributed by atoms with Crippen LogP contribution in [-0.4, -0.2) is 51.3 Å². The molecule has 3 aromatic heterocycles. The zero-order valence-electron chi connectivity index (χ0n) is 17.6. The van der Waals surface area contributed by atoms with Crippen molar-refractivity contribution in [3.63, 3.8) is 0 Å². The lowest BCUT2D eigenvalue weighted by atomic mass is 10.2. The number of carbonyl (C=O) groups excluding carboxylic acids is 1. The van der Waals surface area contributed by atoms with Gasteiger partial charge in [0.1, 0.15) is 11.5 Å². The summed E-state index contributed by atoms with van der Waals surface area (Å²) in [6.07, 6.45) is 2.78. The molecule has 8 heteroatoms. The number of aryl methyl sites for hydroxylation is 1. The minimum absolute atomic E-state index is 0.0478. The van der Waals surface area contributed by atoms with Crippen molar-refractivity contribution in [2.45, 2.75) is 19.4 Å². The second-order valence-corrected chi connectivity index (χ2v) is 8.80. The van der Waals surface area contributed by atoms with Gasteiger partial charge in [-0.2, -0.15) is 0 Å². The largest absolute Gasteiger partial charge is 0.461 e. The number of hydrogen-bond acceptors (Lipinski definition) is 6. The lowest BCUT2D eigenvalue weighted by molar-refractivity contribution is -0.133. The Morgan fingerprint density at radius 1 is 1.06 bits per heavy atom. The van der Waals surface area contributed by atoms with E-state index in [4.69, 9.17) is 4.42 Å². The third-order valence-corrected chi connectivity index (χ3v) is 6.53. The molecular formula is C24H24N4O3S. The highest BCUT2D eigenvalue weighted by molar-refractivity contribution is 7.15. The molecule has 0 unspecified atom stereocenters. The number of thiazole rings is 1. The molecule has 164 valence electrons. The molecule has 1 amide bonds. The number of nitrogens with zero attached hydrogens (tertiary/aromatic N) is 4. The molecular weight excluding hydrogens is 424 g/mol. The summed E-state index contributed by atoms with van der Waals surface area (Å²) in [5.74, 6) is 1.81. The van der Waals surface area contributed by atoms with Crippen LogP contribution in [0.2, 0.25) is 0 Å². The third-order valence-electron chi connectivity index (χ3n) is 5.77. The quantitative estimate of drug-likeness (QED) is 0.453. The lowest BCUT2D eigenvalue weighted by Gasteiger charge is -2.34. The molecule has 0 atom stereocenters.